The Labute approximate surface area is 195 Å². The minimum Gasteiger partial charge on any atom is -0.447 e. The van der Waals surface area contributed by atoms with Crippen LogP contribution in [0.25, 0.3) is 0 Å². The van der Waals surface area contributed by atoms with Crippen molar-refractivity contribution in [2.24, 2.45) is 0 Å². The summed E-state index contributed by atoms with van der Waals surface area (Å²) in [6.07, 6.45) is 4.61. The number of amides is 2. The maximum absolute atomic E-state index is 13.4. The van der Waals surface area contributed by atoms with Crippen molar-refractivity contribution in [3.05, 3.63) is 83.9 Å². The van der Waals surface area contributed by atoms with Gasteiger partial charge in [-0.15, -0.1) is 0 Å². The van der Waals surface area contributed by atoms with Crippen molar-refractivity contribution < 1.29 is 23.8 Å². The molecule has 2 aliphatic rings. The summed E-state index contributed by atoms with van der Waals surface area (Å²) in [5.41, 5.74) is 2.15. The van der Waals surface area contributed by atoms with Gasteiger partial charge in [0.1, 0.15) is 12.7 Å². The van der Waals surface area contributed by atoms with Gasteiger partial charge in [0.25, 0.3) is 5.91 Å². The van der Waals surface area contributed by atoms with E-state index in [1.54, 1.807) is 0 Å². The first kappa shape index (κ1) is 23.2. The number of hydrogen-bond acceptors (Lipinski definition) is 5. The Kier molecular flexibility index (Phi) is 7.92. The van der Waals surface area contributed by atoms with Gasteiger partial charge in [0, 0.05) is 6.42 Å². The highest BCUT2D eigenvalue weighted by atomic mass is 16.6. The molecule has 0 N–H and O–H groups in total. The Balaban J connectivity index is 1.44. The predicted octanol–water partition coefficient (Wildman–Crippen LogP) is 4.68. The van der Waals surface area contributed by atoms with Crippen LogP contribution in [-0.4, -0.2) is 47.9 Å². The molecule has 2 heterocycles. The molecule has 6 heteroatoms. The van der Waals surface area contributed by atoms with Crippen LogP contribution in [0.2, 0.25) is 0 Å². The van der Waals surface area contributed by atoms with Gasteiger partial charge in [0.05, 0.1) is 24.9 Å². The number of rotatable bonds is 7. The van der Waals surface area contributed by atoms with Crippen molar-refractivity contribution in [2.45, 2.75) is 63.6 Å². The topological polar surface area (TPSA) is 65.1 Å². The molecule has 0 aromatic heterocycles. The number of benzene rings is 2. The molecule has 2 amide bonds. The number of hydrogen-bond donors (Lipinski definition) is 0. The molecule has 2 aliphatic heterocycles. The largest absolute Gasteiger partial charge is 0.447 e. The van der Waals surface area contributed by atoms with Crippen LogP contribution in [0, 0.1) is 0 Å². The van der Waals surface area contributed by atoms with E-state index in [0.717, 1.165) is 11.1 Å². The molecule has 4 atom stereocenters. The molecule has 2 aromatic rings. The molecule has 33 heavy (non-hydrogen) atoms. The quantitative estimate of drug-likeness (QED) is 0.575. The van der Waals surface area contributed by atoms with Crippen molar-refractivity contribution in [1.29, 1.82) is 0 Å². The van der Waals surface area contributed by atoms with Gasteiger partial charge in [0.15, 0.2) is 0 Å². The number of ether oxygens (including phenoxy) is 3. The summed E-state index contributed by atoms with van der Waals surface area (Å²) < 4.78 is 17.7. The molecular weight excluding hydrogens is 418 g/mol. The number of imide groups is 1. The van der Waals surface area contributed by atoms with Gasteiger partial charge in [0.2, 0.25) is 0 Å². The second-order valence-corrected chi connectivity index (χ2v) is 8.48. The van der Waals surface area contributed by atoms with Crippen molar-refractivity contribution >= 4 is 12.0 Å². The third-order valence-corrected chi connectivity index (χ3v) is 6.14. The van der Waals surface area contributed by atoms with Crippen LogP contribution in [0.5, 0.6) is 0 Å². The van der Waals surface area contributed by atoms with Crippen LogP contribution in [0.4, 0.5) is 4.79 Å². The fraction of sp³-hybridized carbons (Fsp3) is 0.407. The smallest absolute Gasteiger partial charge is 0.417 e. The van der Waals surface area contributed by atoms with E-state index in [4.69, 9.17) is 14.2 Å². The van der Waals surface area contributed by atoms with E-state index >= 15 is 0 Å². The normalized spacial score (nSPS) is 26.3. The van der Waals surface area contributed by atoms with Crippen LogP contribution in [-0.2, 0) is 32.0 Å². The van der Waals surface area contributed by atoms with E-state index in [2.05, 4.69) is 0 Å². The molecule has 0 spiro atoms. The number of nitrogens with zero attached hydrogens (tertiary/aromatic N) is 1. The van der Waals surface area contributed by atoms with Crippen molar-refractivity contribution in [3.63, 3.8) is 0 Å². The lowest BCUT2D eigenvalue weighted by Gasteiger charge is -2.32. The lowest BCUT2D eigenvalue weighted by Crippen LogP contribution is -2.48. The second-order valence-electron chi connectivity index (χ2n) is 8.48. The van der Waals surface area contributed by atoms with Gasteiger partial charge < -0.3 is 14.2 Å². The minimum absolute atomic E-state index is 0.173. The van der Waals surface area contributed by atoms with E-state index < -0.39 is 12.2 Å². The molecular formula is C27H31NO5. The molecule has 0 aliphatic carbocycles. The van der Waals surface area contributed by atoms with Gasteiger partial charge in [-0.2, -0.15) is 0 Å². The zero-order chi connectivity index (χ0) is 23.0. The lowest BCUT2D eigenvalue weighted by molar-refractivity contribution is -0.155. The van der Waals surface area contributed by atoms with Gasteiger partial charge in [-0.3, -0.25) is 4.79 Å². The third kappa shape index (κ3) is 5.89. The van der Waals surface area contributed by atoms with E-state index in [1.165, 1.54) is 4.90 Å². The number of cyclic esters (lactones) is 1. The first-order valence-corrected chi connectivity index (χ1v) is 11.7. The highest BCUT2D eigenvalue weighted by Gasteiger charge is 2.42. The van der Waals surface area contributed by atoms with Crippen molar-refractivity contribution in [3.8, 4) is 0 Å². The summed E-state index contributed by atoms with van der Waals surface area (Å²) in [6, 6.07) is 19.5. The molecule has 174 valence electrons. The number of carbonyl (C=O) groups is 2. The van der Waals surface area contributed by atoms with Crippen LogP contribution >= 0.6 is 0 Å². The highest BCUT2D eigenvalue weighted by molar-refractivity contribution is 5.96. The summed E-state index contributed by atoms with van der Waals surface area (Å²) in [4.78, 5) is 27.2. The zero-order valence-electron chi connectivity index (χ0n) is 19.0. The fourth-order valence-electron chi connectivity index (χ4n) is 4.35. The van der Waals surface area contributed by atoms with Crippen LogP contribution in [0.1, 0.15) is 37.3 Å². The molecule has 0 saturated carbocycles. The molecule has 1 fully saturated rings. The maximum atomic E-state index is 13.4. The first-order chi connectivity index (χ1) is 16.2. The SMILES string of the molecule is CC[C@H]1O[C@@H](C(=O)N2C(=O)OC[C@@H]2Cc2ccccc2)C/C=C\C[C@H]1OCc1ccccc1. The van der Waals surface area contributed by atoms with Crippen molar-refractivity contribution in [2.75, 3.05) is 6.61 Å². The second kappa shape index (κ2) is 11.3. The Bertz CT molecular complexity index is 945. The van der Waals surface area contributed by atoms with E-state index in [-0.39, 0.29) is 30.8 Å². The molecule has 4 rings (SSSR count). The number of carbonyl (C=O) groups excluding carboxylic acids is 2. The van der Waals surface area contributed by atoms with Crippen LogP contribution in [0.15, 0.2) is 72.8 Å². The van der Waals surface area contributed by atoms with Gasteiger partial charge >= 0.3 is 6.09 Å². The Hall–Kier alpha value is -2.96. The lowest BCUT2D eigenvalue weighted by atomic mass is 10.0. The summed E-state index contributed by atoms with van der Waals surface area (Å²) in [6.45, 7) is 2.70. The summed E-state index contributed by atoms with van der Waals surface area (Å²) >= 11 is 0. The van der Waals surface area contributed by atoms with E-state index in [1.807, 2.05) is 79.7 Å². The summed E-state index contributed by atoms with van der Waals surface area (Å²) in [7, 11) is 0. The Morgan fingerprint density at radius 3 is 2.36 bits per heavy atom. The van der Waals surface area contributed by atoms with Crippen LogP contribution in [0.3, 0.4) is 0 Å². The van der Waals surface area contributed by atoms with Gasteiger partial charge in [-0.1, -0.05) is 79.7 Å². The zero-order valence-corrected chi connectivity index (χ0v) is 19.0. The van der Waals surface area contributed by atoms with E-state index in [0.29, 0.717) is 32.3 Å². The molecule has 0 radical (unpaired) electrons. The molecule has 0 unspecified atom stereocenters. The molecule has 6 nitrogen and oxygen atoms in total. The predicted molar refractivity (Wildman–Crippen MR) is 124 cm³/mol. The maximum Gasteiger partial charge on any atom is 0.417 e. The van der Waals surface area contributed by atoms with Crippen LogP contribution < -0.4 is 0 Å². The van der Waals surface area contributed by atoms with Gasteiger partial charge in [-0.25, -0.2) is 9.69 Å². The average Bonchev–Trinajstić information content (AvgIpc) is 3.19. The first-order valence-electron chi connectivity index (χ1n) is 11.7. The van der Waals surface area contributed by atoms with Crippen molar-refractivity contribution in [1.82, 2.24) is 4.90 Å². The molecule has 2 aromatic carbocycles. The minimum atomic E-state index is -0.752. The third-order valence-electron chi connectivity index (χ3n) is 6.14. The average molecular weight is 450 g/mol. The highest BCUT2D eigenvalue weighted by Crippen LogP contribution is 2.25. The Morgan fingerprint density at radius 1 is 1.00 bits per heavy atom. The Morgan fingerprint density at radius 2 is 1.67 bits per heavy atom. The fourth-order valence-corrected chi connectivity index (χ4v) is 4.35. The standard InChI is InChI=1S/C27H31NO5/c1-2-23-24(31-18-21-13-7-4-8-14-21)15-9-10-16-25(33-23)26(29)28-22(19-32-27(28)30)17-20-11-5-3-6-12-20/h3-14,22-25H,2,15-19H2,1H3/b10-9-/t22-,23+,24+,25+/m0/s1. The van der Waals surface area contributed by atoms with Gasteiger partial charge in [-0.05, 0) is 30.4 Å². The van der Waals surface area contributed by atoms with E-state index in [9.17, 15) is 9.59 Å². The monoisotopic (exact) mass is 449 g/mol. The summed E-state index contributed by atoms with van der Waals surface area (Å²) in [5.74, 6) is -0.342. The molecule has 0 bridgehead atoms. The summed E-state index contributed by atoms with van der Waals surface area (Å²) in [5, 5.41) is 0. The molecule has 1 saturated heterocycles.